The molecule has 2 heterocycles. The molecule has 0 spiro atoms. The SMILES string of the molecule is Nc1cnc(-c2ccccc2C(F)(F)F)nc1Nc1n[nH]c2ccccc12. The molecular weight excluding hydrogens is 357 g/mol. The molecule has 0 radical (unpaired) electrons. The number of alkyl halides is 3. The summed E-state index contributed by atoms with van der Waals surface area (Å²) in [6, 6.07) is 12.5. The number of fused-ring (bicyclic) bond motifs is 1. The van der Waals surface area contributed by atoms with Crippen molar-refractivity contribution in [3.05, 3.63) is 60.3 Å². The zero-order valence-electron chi connectivity index (χ0n) is 13.7. The summed E-state index contributed by atoms with van der Waals surface area (Å²) in [6.07, 6.45) is -3.25. The maximum Gasteiger partial charge on any atom is 0.417 e. The molecule has 0 saturated heterocycles. The minimum atomic E-state index is -4.52. The highest BCUT2D eigenvalue weighted by Gasteiger charge is 2.34. The van der Waals surface area contributed by atoms with E-state index in [0.717, 1.165) is 17.0 Å². The average Bonchev–Trinajstić information content (AvgIpc) is 3.06. The van der Waals surface area contributed by atoms with Gasteiger partial charge in [-0.1, -0.05) is 30.3 Å². The fourth-order valence-corrected chi connectivity index (χ4v) is 2.72. The molecule has 0 aliphatic rings. The van der Waals surface area contributed by atoms with E-state index in [2.05, 4.69) is 25.5 Å². The Morgan fingerprint density at radius 2 is 1.70 bits per heavy atom. The van der Waals surface area contributed by atoms with Gasteiger partial charge in [0.25, 0.3) is 0 Å². The summed E-state index contributed by atoms with van der Waals surface area (Å²) in [5.74, 6) is 0.555. The van der Waals surface area contributed by atoms with Crippen LogP contribution in [-0.2, 0) is 6.18 Å². The number of aromatic amines is 1. The van der Waals surface area contributed by atoms with Crippen LogP contribution in [-0.4, -0.2) is 20.2 Å². The third-order valence-corrected chi connectivity index (χ3v) is 4.00. The number of hydrogen-bond donors (Lipinski definition) is 3. The van der Waals surface area contributed by atoms with Crippen molar-refractivity contribution >= 4 is 28.2 Å². The lowest BCUT2D eigenvalue weighted by Crippen LogP contribution is -2.09. The minimum absolute atomic E-state index is 0.0838. The van der Waals surface area contributed by atoms with Gasteiger partial charge in [0, 0.05) is 10.9 Å². The maximum atomic E-state index is 13.3. The fraction of sp³-hybridized carbons (Fsp3) is 0.0556. The molecule has 27 heavy (non-hydrogen) atoms. The van der Waals surface area contributed by atoms with Crippen molar-refractivity contribution in [1.29, 1.82) is 0 Å². The Bertz CT molecular complexity index is 1120. The van der Waals surface area contributed by atoms with Crippen molar-refractivity contribution in [2.75, 3.05) is 11.1 Å². The molecule has 0 aliphatic heterocycles. The van der Waals surface area contributed by atoms with Crippen LogP contribution in [0.1, 0.15) is 5.56 Å². The van der Waals surface area contributed by atoms with Gasteiger partial charge >= 0.3 is 6.18 Å². The highest BCUT2D eigenvalue weighted by Crippen LogP contribution is 2.36. The van der Waals surface area contributed by atoms with Crippen LogP contribution in [0.2, 0.25) is 0 Å². The first-order valence-electron chi connectivity index (χ1n) is 7.93. The fourth-order valence-electron chi connectivity index (χ4n) is 2.72. The van der Waals surface area contributed by atoms with Crippen LogP contribution in [0.25, 0.3) is 22.3 Å². The van der Waals surface area contributed by atoms with Gasteiger partial charge in [-0.15, -0.1) is 0 Å². The molecule has 6 nitrogen and oxygen atoms in total. The molecule has 4 rings (SSSR count). The predicted octanol–water partition coefficient (Wildman–Crippen LogP) is 4.36. The molecule has 0 aliphatic carbocycles. The summed E-state index contributed by atoms with van der Waals surface area (Å²) in [6.45, 7) is 0. The molecule has 9 heteroatoms. The molecule has 0 fully saturated rings. The summed E-state index contributed by atoms with van der Waals surface area (Å²) in [4.78, 5) is 8.17. The molecule has 4 N–H and O–H groups in total. The third-order valence-electron chi connectivity index (χ3n) is 4.00. The Labute approximate surface area is 151 Å². The van der Waals surface area contributed by atoms with Gasteiger partial charge in [0.2, 0.25) is 0 Å². The standard InChI is InChI=1S/C18H13F3N6/c19-18(20,21)12-7-3-1-5-10(12)15-23-9-13(22)17(24-15)25-16-11-6-2-4-8-14(11)26-27-16/h1-9H,22H2,(H2,23,24,25,26,27). The normalized spacial score (nSPS) is 11.7. The van der Waals surface area contributed by atoms with Gasteiger partial charge in [0.1, 0.15) is 0 Å². The first kappa shape index (κ1) is 16.8. The van der Waals surface area contributed by atoms with Crippen LogP contribution in [0.5, 0.6) is 0 Å². The molecule has 0 amide bonds. The maximum absolute atomic E-state index is 13.3. The number of nitrogen functional groups attached to an aromatic ring is 1. The number of halogens is 3. The van der Waals surface area contributed by atoms with Gasteiger partial charge < -0.3 is 11.1 Å². The molecule has 2 aromatic heterocycles. The number of rotatable bonds is 3. The van der Waals surface area contributed by atoms with Crippen LogP contribution < -0.4 is 11.1 Å². The van der Waals surface area contributed by atoms with Crippen LogP contribution in [0.3, 0.4) is 0 Å². The number of benzene rings is 2. The quantitative estimate of drug-likeness (QED) is 0.498. The zero-order chi connectivity index (χ0) is 19.0. The molecule has 2 aromatic carbocycles. The smallest absolute Gasteiger partial charge is 0.394 e. The number of para-hydroxylation sites is 1. The highest BCUT2D eigenvalue weighted by atomic mass is 19.4. The van der Waals surface area contributed by atoms with Crippen LogP contribution in [0.15, 0.2) is 54.7 Å². The molecule has 136 valence electrons. The molecule has 4 aromatic rings. The number of aromatic nitrogens is 4. The molecule has 0 saturated carbocycles. The van der Waals surface area contributed by atoms with E-state index < -0.39 is 11.7 Å². The van der Waals surface area contributed by atoms with E-state index in [4.69, 9.17) is 5.73 Å². The second kappa shape index (κ2) is 6.27. The van der Waals surface area contributed by atoms with E-state index in [-0.39, 0.29) is 22.9 Å². The van der Waals surface area contributed by atoms with Gasteiger partial charge in [0.05, 0.1) is 23.0 Å². The first-order valence-corrected chi connectivity index (χ1v) is 7.93. The van der Waals surface area contributed by atoms with Gasteiger partial charge in [-0.25, -0.2) is 9.97 Å². The Balaban J connectivity index is 1.77. The summed E-state index contributed by atoms with van der Waals surface area (Å²) in [7, 11) is 0. The van der Waals surface area contributed by atoms with Crippen molar-refractivity contribution in [2.24, 2.45) is 0 Å². The highest BCUT2D eigenvalue weighted by molar-refractivity contribution is 5.92. The Hall–Kier alpha value is -3.62. The Kier molecular flexibility index (Phi) is 3.91. The van der Waals surface area contributed by atoms with Crippen molar-refractivity contribution in [2.45, 2.75) is 6.18 Å². The second-order valence-corrected chi connectivity index (χ2v) is 5.78. The summed E-state index contributed by atoms with van der Waals surface area (Å²) in [5.41, 5.74) is 5.96. The van der Waals surface area contributed by atoms with Crippen LogP contribution in [0, 0.1) is 0 Å². The summed E-state index contributed by atoms with van der Waals surface area (Å²) in [5, 5.41) is 10.8. The second-order valence-electron chi connectivity index (χ2n) is 5.78. The number of hydrogen-bond acceptors (Lipinski definition) is 5. The lowest BCUT2D eigenvalue weighted by molar-refractivity contribution is -0.137. The van der Waals surface area contributed by atoms with Crippen LogP contribution >= 0.6 is 0 Å². The molecular formula is C18H13F3N6. The average molecular weight is 370 g/mol. The number of nitrogens with two attached hydrogens (primary N) is 1. The number of nitrogens with zero attached hydrogens (tertiary/aromatic N) is 3. The Morgan fingerprint density at radius 1 is 0.963 bits per heavy atom. The topological polar surface area (TPSA) is 92.5 Å². The number of nitrogens with one attached hydrogen (secondary N) is 2. The largest absolute Gasteiger partial charge is 0.417 e. The van der Waals surface area contributed by atoms with E-state index in [1.807, 2.05) is 24.3 Å². The number of anilines is 3. The molecule has 0 unspecified atom stereocenters. The Morgan fingerprint density at radius 3 is 2.52 bits per heavy atom. The molecule has 0 atom stereocenters. The van der Waals surface area contributed by atoms with Gasteiger partial charge in [-0.3, -0.25) is 5.10 Å². The molecule has 0 bridgehead atoms. The van der Waals surface area contributed by atoms with Gasteiger partial charge in [0.15, 0.2) is 17.5 Å². The lowest BCUT2D eigenvalue weighted by Gasteiger charge is -2.13. The summed E-state index contributed by atoms with van der Waals surface area (Å²) >= 11 is 0. The predicted molar refractivity (Wildman–Crippen MR) is 96.3 cm³/mol. The van der Waals surface area contributed by atoms with E-state index in [9.17, 15) is 13.2 Å². The monoisotopic (exact) mass is 370 g/mol. The van der Waals surface area contributed by atoms with Gasteiger partial charge in [-0.05, 0) is 18.2 Å². The van der Waals surface area contributed by atoms with Crippen molar-refractivity contribution in [3.63, 3.8) is 0 Å². The first-order chi connectivity index (χ1) is 12.9. The zero-order valence-corrected chi connectivity index (χ0v) is 13.7. The summed E-state index contributed by atoms with van der Waals surface area (Å²) < 4.78 is 39.9. The van der Waals surface area contributed by atoms with E-state index in [1.54, 1.807) is 0 Å². The van der Waals surface area contributed by atoms with Crippen LogP contribution in [0.4, 0.5) is 30.5 Å². The van der Waals surface area contributed by atoms with Gasteiger partial charge in [-0.2, -0.15) is 18.3 Å². The van der Waals surface area contributed by atoms with Crippen molar-refractivity contribution in [3.8, 4) is 11.4 Å². The van der Waals surface area contributed by atoms with E-state index in [0.29, 0.717) is 5.82 Å². The van der Waals surface area contributed by atoms with Crippen molar-refractivity contribution in [1.82, 2.24) is 20.2 Å². The van der Waals surface area contributed by atoms with E-state index in [1.165, 1.54) is 24.4 Å². The third kappa shape index (κ3) is 3.14. The minimum Gasteiger partial charge on any atom is -0.394 e. The van der Waals surface area contributed by atoms with E-state index >= 15 is 0 Å². The van der Waals surface area contributed by atoms with Crippen molar-refractivity contribution < 1.29 is 13.2 Å². The number of H-pyrrole nitrogens is 1. The lowest BCUT2D eigenvalue weighted by atomic mass is 10.1.